The molecule has 1 N–H and O–H groups in total. The zero-order chi connectivity index (χ0) is 13.8. The van der Waals surface area contributed by atoms with Gasteiger partial charge in [0.15, 0.2) is 0 Å². The van der Waals surface area contributed by atoms with E-state index in [4.69, 9.17) is 0 Å². The molecule has 1 saturated heterocycles. The summed E-state index contributed by atoms with van der Waals surface area (Å²) in [4.78, 5) is 13.0. The van der Waals surface area contributed by atoms with Crippen molar-refractivity contribution in [3.63, 3.8) is 0 Å². The second kappa shape index (κ2) is 6.45. The van der Waals surface area contributed by atoms with Gasteiger partial charge in [-0.05, 0) is 38.6 Å². The molecule has 0 radical (unpaired) electrons. The molecule has 104 valence electrons. The quantitative estimate of drug-likeness (QED) is 0.682. The average Bonchev–Trinajstić information content (AvgIpc) is 2.37. The third-order valence-electron chi connectivity index (χ3n) is 3.45. The van der Waals surface area contributed by atoms with E-state index in [-0.39, 0.29) is 10.6 Å². The average molecular weight is 328 g/mol. The highest BCUT2D eigenvalue weighted by Gasteiger charge is 2.19. The topological polar surface area (TPSA) is 58.4 Å². The van der Waals surface area contributed by atoms with Crippen molar-refractivity contribution in [2.75, 3.05) is 20.1 Å². The van der Waals surface area contributed by atoms with E-state index in [9.17, 15) is 10.1 Å². The fraction of sp³-hybridized carbons (Fsp3) is 0.538. The Morgan fingerprint density at radius 2 is 2.37 bits per heavy atom. The minimum atomic E-state index is -0.325. The molecule has 0 aromatic heterocycles. The number of benzene rings is 1. The number of nitrogens with one attached hydrogen (secondary N) is 1. The molecule has 1 fully saturated rings. The summed E-state index contributed by atoms with van der Waals surface area (Å²) in [6.45, 7) is 2.68. The van der Waals surface area contributed by atoms with E-state index in [1.807, 2.05) is 12.1 Å². The molecule has 6 heteroatoms. The fourth-order valence-electron chi connectivity index (χ4n) is 2.44. The molecule has 1 atom stereocenters. The molecule has 19 heavy (non-hydrogen) atoms. The van der Waals surface area contributed by atoms with Crippen LogP contribution in [0.5, 0.6) is 0 Å². The monoisotopic (exact) mass is 327 g/mol. The van der Waals surface area contributed by atoms with Crippen LogP contribution in [-0.2, 0) is 6.54 Å². The Bertz CT molecular complexity index is 467. The highest BCUT2D eigenvalue weighted by molar-refractivity contribution is 9.10. The zero-order valence-corrected chi connectivity index (χ0v) is 12.5. The smallest absolute Gasteiger partial charge is 0.275 e. The molecule has 5 nitrogen and oxygen atoms in total. The first kappa shape index (κ1) is 14.4. The van der Waals surface area contributed by atoms with Gasteiger partial charge >= 0.3 is 0 Å². The van der Waals surface area contributed by atoms with Gasteiger partial charge in [0.2, 0.25) is 0 Å². The second-order valence-corrected chi connectivity index (χ2v) is 5.93. The van der Waals surface area contributed by atoms with Gasteiger partial charge in [-0.25, -0.2) is 0 Å². The number of piperidine rings is 1. The minimum Gasteiger partial charge on any atom is -0.308 e. The van der Waals surface area contributed by atoms with Crippen molar-refractivity contribution >= 4 is 21.6 Å². The summed E-state index contributed by atoms with van der Waals surface area (Å²) in [6, 6.07) is 5.63. The summed E-state index contributed by atoms with van der Waals surface area (Å²) in [5, 5.41) is 14.4. The van der Waals surface area contributed by atoms with Crippen molar-refractivity contribution in [3.8, 4) is 0 Å². The summed E-state index contributed by atoms with van der Waals surface area (Å²) >= 11 is 3.27. The molecular weight excluding hydrogens is 310 g/mol. The Hall–Kier alpha value is -0.980. The van der Waals surface area contributed by atoms with Crippen LogP contribution < -0.4 is 5.32 Å². The van der Waals surface area contributed by atoms with Crippen molar-refractivity contribution in [3.05, 3.63) is 38.3 Å². The van der Waals surface area contributed by atoms with Crippen LogP contribution in [0.2, 0.25) is 0 Å². The molecule has 0 spiro atoms. The Morgan fingerprint density at radius 1 is 1.58 bits per heavy atom. The first-order valence-corrected chi connectivity index (χ1v) is 7.20. The number of likely N-dealkylation sites (N-methyl/N-ethyl adjacent to an activating group) is 1. The van der Waals surface area contributed by atoms with Crippen molar-refractivity contribution < 1.29 is 4.92 Å². The van der Waals surface area contributed by atoms with Gasteiger partial charge < -0.3 is 10.2 Å². The summed E-state index contributed by atoms with van der Waals surface area (Å²) in [5.74, 6) is 0. The molecule has 0 aliphatic carbocycles. The maximum atomic E-state index is 11.0. The van der Waals surface area contributed by atoms with E-state index in [0.29, 0.717) is 12.6 Å². The summed E-state index contributed by atoms with van der Waals surface area (Å²) < 4.78 is 0.736. The van der Waals surface area contributed by atoms with Crippen LogP contribution >= 0.6 is 15.9 Å². The van der Waals surface area contributed by atoms with E-state index < -0.39 is 0 Å². The van der Waals surface area contributed by atoms with Gasteiger partial charge in [0.1, 0.15) is 0 Å². The Morgan fingerprint density at radius 3 is 3.05 bits per heavy atom. The largest absolute Gasteiger partial charge is 0.308 e. The predicted molar refractivity (Wildman–Crippen MR) is 78.2 cm³/mol. The normalized spacial score (nSPS) is 20.4. The summed E-state index contributed by atoms with van der Waals surface area (Å²) in [7, 11) is 2.11. The van der Waals surface area contributed by atoms with Crippen LogP contribution in [0.15, 0.2) is 22.7 Å². The number of nitro groups is 1. The second-order valence-electron chi connectivity index (χ2n) is 5.01. The number of nitrogens with zero attached hydrogens (tertiary/aromatic N) is 2. The van der Waals surface area contributed by atoms with Gasteiger partial charge in [-0.2, -0.15) is 0 Å². The van der Waals surface area contributed by atoms with Gasteiger partial charge in [-0.1, -0.05) is 15.9 Å². The highest BCUT2D eigenvalue weighted by atomic mass is 79.9. The predicted octanol–water partition coefficient (Wildman–Crippen LogP) is 2.54. The maximum absolute atomic E-state index is 11.0. The molecule has 1 aliphatic heterocycles. The zero-order valence-electron chi connectivity index (χ0n) is 10.9. The molecule has 0 saturated carbocycles. The van der Waals surface area contributed by atoms with Gasteiger partial charge in [0.05, 0.1) is 4.92 Å². The lowest BCUT2D eigenvalue weighted by Gasteiger charge is -2.30. The maximum Gasteiger partial charge on any atom is 0.275 e. The number of rotatable bonds is 4. The molecule has 1 heterocycles. The molecule has 1 aromatic carbocycles. The number of nitro benzene ring substituents is 1. The van der Waals surface area contributed by atoms with Crippen LogP contribution in [0.25, 0.3) is 0 Å². The molecule has 0 amide bonds. The number of hydrogen-bond donors (Lipinski definition) is 1. The third kappa shape index (κ3) is 3.99. The van der Waals surface area contributed by atoms with Crippen molar-refractivity contribution in [1.29, 1.82) is 0 Å². The Balaban J connectivity index is 2.01. The van der Waals surface area contributed by atoms with Crippen LogP contribution in [0.1, 0.15) is 18.4 Å². The van der Waals surface area contributed by atoms with Crippen molar-refractivity contribution in [2.24, 2.45) is 0 Å². The van der Waals surface area contributed by atoms with Gasteiger partial charge in [-0.3, -0.25) is 10.1 Å². The van der Waals surface area contributed by atoms with Crippen LogP contribution in [-0.4, -0.2) is 36.0 Å². The standard InChI is InChI=1S/C13H18BrN3O2/c1-16-6-2-3-12(9-16)15-8-10-4-5-11(14)7-13(10)17(18)19/h4-5,7,12,15H,2-3,6,8-9H2,1H3. The molecule has 0 bridgehead atoms. The SMILES string of the molecule is CN1CCCC(NCc2ccc(Br)cc2[N+](=O)[O-])C1. The van der Waals surface area contributed by atoms with Gasteiger partial charge in [0.25, 0.3) is 5.69 Å². The van der Waals surface area contributed by atoms with Crippen LogP contribution in [0.3, 0.4) is 0 Å². The molecular formula is C13H18BrN3O2. The minimum absolute atomic E-state index is 0.172. The van der Waals surface area contributed by atoms with E-state index in [1.54, 1.807) is 6.07 Å². The van der Waals surface area contributed by atoms with Gasteiger partial charge in [-0.15, -0.1) is 0 Å². The van der Waals surface area contributed by atoms with E-state index in [1.165, 1.54) is 6.42 Å². The Kier molecular flexibility index (Phi) is 4.90. The van der Waals surface area contributed by atoms with Crippen molar-refractivity contribution in [1.82, 2.24) is 10.2 Å². The fourth-order valence-corrected chi connectivity index (χ4v) is 2.79. The number of hydrogen-bond acceptors (Lipinski definition) is 4. The lowest BCUT2D eigenvalue weighted by Crippen LogP contribution is -2.43. The third-order valence-corrected chi connectivity index (χ3v) is 3.94. The molecule has 1 unspecified atom stereocenters. The summed E-state index contributed by atoms with van der Waals surface area (Å²) in [5.41, 5.74) is 0.910. The molecule has 1 aliphatic rings. The van der Waals surface area contributed by atoms with Gasteiger partial charge in [0, 0.05) is 35.2 Å². The lowest BCUT2D eigenvalue weighted by molar-refractivity contribution is -0.385. The highest BCUT2D eigenvalue weighted by Crippen LogP contribution is 2.23. The number of halogens is 1. The molecule has 1 aromatic rings. The number of likely N-dealkylation sites (tertiary alicyclic amines) is 1. The first-order chi connectivity index (χ1) is 9.06. The Labute approximate surface area is 121 Å². The molecule has 2 rings (SSSR count). The van der Waals surface area contributed by atoms with Crippen LogP contribution in [0.4, 0.5) is 5.69 Å². The van der Waals surface area contributed by atoms with E-state index >= 15 is 0 Å². The summed E-state index contributed by atoms with van der Waals surface area (Å²) in [6.07, 6.45) is 2.31. The van der Waals surface area contributed by atoms with E-state index in [0.717, 1.165) is 29.5 Å². The lowest BCUT2D eigenvalue weighted by atomic mass is 10.1. The first-order valence-electron chi connectivity index (χ1n) is 6.41. The van der Waals surface area contributed by atoms with Crippen molar-refractivity contribution in [2.45, 2.75) is 25.4 Å². The van der Waals surface area contributed by atoms with E-state index in [2.05, 4.69) is 33.2 Å². The van der Waals surface area contributed by atoms with Crippen LogP contribution in [0, 0.1) is 10.1 Å².